The van der Waals surface area contributed by atoms with E-state index in [9.17, 15) is 4.79 Å². The van der Waals surface area contributed by atoms with Crippen molar-refractivity contribution in [2.24, 2.45) is 0 Å². The first-order chi connectivity index (χ1) is 7.42. The second kappa shape index (κ2) is 2.98. The van der Waals surface area contributed by atoms with Gasteiger partial charge in [0.2, 0.25) is 0 Å². The predicted octanol–water partition coefficient (Wildman–Crippen LogP) is 1.79. The molecule has 0 amide bonds. The van der Waals surface area contributed by atoms with Gasteiger partial charge in [0, 0.05) is 23.5 Å². The van der Waals surface area contributed by atoms with Crippen LogP contribution < -0.4 is 0 Å². The maximum atomic E-state index is 11.1. The molecule has 2 aromatic heterocycles. The van der Waals surface area contributed by atoms with Gasteiger partial charge in [-0.05, 0) is 12.1 Å². The fraction of sp³-hybridized carbons (Fsp3) is 0.0833. The van der Waals surface area contributed by atoms with Crippen molar-refractivity contribution in [3.8, 4) is 11.1 Å². The van der Waals surface area contributed by atoms with Crippen LogP contribution in [0.4, 0.5) is 0 Å². The first-order valence-electron chi connectivity index (χ1n) is 4.77. The van der Waals surface area contributed by atoms with Crippen LogP contribution in [0.5, 0.6) is 0 Å². The quantitative estimate of drug-likeness (QED) is 0.653. The van der Waals surface area contributed by atoms with Crippen molar-refractivity contribution in [3.63, 3.8) is 0 Å². The Balaban J connectivity index is 2.35. The highest BCUT2D eigenvalue weighted by molar-refractivity contribution is 5.84. The Morgan fingerprint density at radius 2 is 1.53 bits per heavy atom. The highest BCUT2D eigenvalue weighted by atomic mass is 16.1. The highest BCUT2D eigenvalue weighted by Gasteiger charge is 2.30. The molecule has 3 heteroatoms. The first-order valence-corrected chi connectivity index (χ1v) is 4.77. The Bertz CT molecular complexity index is 491. The molecule has 2 aromatic rings. The van der Waals surface area contributed by atoms with Gasteiger partial charge in [0.25, 0.3) is 0 Å². The van der Waals surface area contributed by atoms with Crippen LogP contribution in [0, 0.1) is 0 Å². The number of hydrogen-bond donors (Lipinski definition) is 0. The predicted molar refractivity (Wildman–Crippen MR) is 55.4 cm³/mol. The van der Waals surface area contributed by atoms with Gasteiger partial charge in [-0.3, -0.25) is 9.97 Å². The molecule has 2 heterocycles. The molecule has 0 aromatic carbocycles. The third-order valence-corrected chi connectivity index (χ3v) is 2.69. The topological polar surface area (TPSA) is 42.9 Å². The zero-order chi connectivity index (χ0) is 10.3. The molecule has 3 nitrogen and oxygen atoms in total. The average Bonchev–Trinajstić information content (AvgIpc) is 2.63. The summed E-state index contributed by atoms with van der Waals surface area (Å²) in [4.78, 5) is 19.6. The van der Waals surface area contributed by atoms with E-state index >= 15 is 0 Å². The van der Waals surface area contributed by atoms with E-state index in [0.717, 1.165) is 28.8 Å². The Labute approximate surface area is 86.8 Å². The zero-order valence-corrected chi connectivity index (χ0v) is 7.92. The van der Waals surface area contributed by atoms with Crippen LogP contribution in [0.2, 0.25) is 0 Å². The molecular weight excluding hydrogens is 188 g/mol. The number of pyridine rings is 2. The maximum absolute atomic E-state index is 11.1. The summed E-state index contributed by atoms with van der Waals surface area (Å²) >= 11 is 0. The van der Waals surface area contributed by atoms with Crippen molar-refractivity contribution >= 4 is 6.29 Å². The fourth-order valence-corrected chi connectivity index (χ4v) is 2.04. The summed E-state index contributed by atoms with van der Waals surface area (Å²) in [5.41, 5.74) is 3.69. The van der Waals surface area contributed by atoms with Crippen molar-refractivity contribution in [2.75, 3.05) is 0 Å². The lowest BCUT2D eigenvalue weighted by molar-refractivity contribution is -0.108. The minimum Gasteiger partial charge on any atom is -0.302 e. The van der Waals surface area contributed by atoms with Crippen LogP contribution in [-0.2, 0) is 4.79 Å². The van der Waals surface area contributed by atoms with Gasteiger partial charge in [0.05, 0.1) is 11.4 Å². The van der Waals surface area contributed by atoms with Crippen LogP contribution in [0.3, 0.4) is 0 Å². The summed E-state index contributed by atoms with van der Waals surface area (Å²) in [5.74, 6) is -0.294. The molecule has 0 unspecified atom stereocenters. The first kappa shape index (κ1) is 8.29. The molecule has 0 radical (unpaired) electrons. The lowest BCUT2D eigenvalue weighted by Gasteiger charge is -2.00. The monoisotopic (exact) mass is 196 g/mol. The number of hydrogen-bond acceptors (Lipinski definition) is 3. The van der Waals surface area contributed by atoms with Crippen LogP contribution in [0.1, 0.15) is 17.3 Å². The highest BCUT2D eigenvalue weighted by Crippen LogP contribution is 2.40. The number of rotatable bonds is 1. The molecule has 0 saturated heterocycles. The lowest BCUT2D eigenvalue weighted by Crippen LogP contribution is -2.01. The number of aromatic nitrogens is 2. The number of aldehydes is 1. The van der Waals surface area contributed by atoms with Gasteiger partial charge in [-0.15, -0.1) is 0 Å². The third-order valence-electron chi connectivity index (χ3n) is 2.69. The molecule has 72 valence electrons. The van der Waals surface area contributed by atoms with Gasteiger partial charge in [-0.2, -0.15) is 0 Å². The number of carbonyl (C=O) groups excluding carboxylic acids is 1. The second-order valence-electron chi connectivity index (χ2n) is 3.49. The van der Waals surface area contributed by atoms with E-state index in [0.29, 0.717) is 0 Å². The largest absolute Gasteiger partial charge is 0.302 e. The molecule has 0 N–H and O–H groups in total. The molecule has 0 bridgehead atoms. The van der Waals surface area contributed by atoms with E-state index in [4.69, 9.17) is 0 Å². The smallest absolute Gasteiger partial charge is 0.135 e. The Kier molecular flexibility index (Phi) is 1.65. The Morgan fingerprint density at radius 3 is 2.00 bits per heavy atom. The summed E-state index contributed by atoms with van der Waals surface area (Å²) < 4.78 is 0. The minimum absolute atomic E-state index is 0.294. The van der Waals surface area contributed by atoms with E-state index in [1.54, 1.807) is 12.4 Å². The molecule has 1 aliphatic rings. The molecular formula is C12H8N2O. The normalized spacial score (nSPS) is 13.3. The van der Waals surface area contributed by atoms with Gasteiger partial charge in [-0.25, -0.2) is 0 Å². The van der Waals surface area contributed by atoms with E-state index in [1.165, 1.54) is 0 Å². The summed E-state index contributed by atoms with van der Waals surface area (Å²) in [6.45, 7) is 0. The second-order valence-corrected chi connectivity index (χ2v) is 3.49. The van der Waals surface area contributed by atoms with Gasteiger partial charge < -0.3 is 4.79 Å². The van der Waals surface area contributed by atoms with Crippen molar-refractivity contribution in [3.05, 3.63) is 48.0 Å². The van der Waals surface area contributed by atoms with Crippen molar-refractivity contribution in [1.29, 1.82) is 0 Å². The molecule has 0 spiro atoms. The van der Waals surface area contributed by atoms with Crippen molar-refractivity contribution in [1.82, 2.24) is 9.97 Å². The third kappa shape index (κ3) is 1.03. The zero-order valence-electron chi connectivity index (χ0n) is 7.92. The molecule has 15 heavy (non-hydrogen) atoms. The molecule has 1 aliphatic carbocycles. The summed E-state index contributed by atoms with van der Waals surface area (Å²) in [5, 5.41) is 0. The van der Waals surface area contributed by atoms with Crippen LogP contribution in [0.15, 0.2) is 36.7 Å². The molecule has 0 aliphatic heterocycles. The molecule has 0 fully saturated rings. The van der Waals surface area contributed by atoms with Gasteiger partial charge in [0.1, 0.15) is 12.2 Å². The average molecular weight is 196 g/mol. The number of fused-ring (bicyclic) bond motifs is 3. The maximum Gasteiger partial charge on any atom is 0.135 e. The summed E-state index contributed by atoms with van der Waals surface area (Å²) in [6.07, 6.45) is 4.33. The molecule has 3 rings (SSSR count). The van der Waals surface area contributed by atoms with Gasteiger partial charge in [-0.1, -0.05) is 12.1 Å². The van der Waals surface area contributed by atoms with E-state index < -0.39 is 0 Å². The Hall–Kier alpha value is -2.03. The summed E-state index contributed by atoms with van der Waals surface area (Å²) in [7, 11) is 0. The Morgan fingerprint density at radius 1 is 1.00 bits per heavy atom. The minimum atomic E-state index is -0.294. The lowest BCUT2D eigenvalue weighted by atomic mass is 10.1. The number of carbonyl (C=O) groups is 1. The molecule has 0 atom stereocenters. The van der Waals surface area contributed by atoms with E-state index in [-0.39, 0.29) is 5.92 Å². The van der Waals surface area contributed by atoms with Crippen LogP contribution in [0.25, 0.3) is 11.1 Å². The van der Waals surface area contributed by atoms with Crippen LogP contribution >= 0.6 is 0 Å². The SMILES string of the molecule is O=CC1c2ncccc2-c2cccnc21. The van der Waals surface area contributed by atoms with Gasteiger partial charge >= 0.3 is 0 Å². The number of nitrogens with zero attached hydrogens (tertiary/aromatic N) is 2. The van der Waals surface area contributed by atoms with E-state index in [1.807, 2.05) is 24.3 Å². The van der Waals surface area contributed by atoms with Crippen molar-refractivity contribution in [2.45, 2.75) is 5.92 Å². The van der Waals surface area contributed by atoms with Gasteiger partial charge in [0.15, 0.2) is 0 Å². The molecule has 0 saturated carbocycles. The van der Waals surface area contributed by atoms with Crippen LogP contribution in [-0.4, -0.2) is 16.3 Å². The fourth-order valence-electron chi connectivity index (χ4n) is 2.04. The standard InChI is InChI=1S/C12H8N2O/c15-7-10-11-8(3-1-5-13-11)9-4-2-6-14-12(9)10/h1-7,10H. The van der Waals surface area contributed by atoms with Crippen molar-refractivity contribution < 1.29 is 4.79 Å². The van der Waals surface area contributed by atoms with E-state index in [2.05, 4.69) is 9.97 Å². The summed E-state index contributed by atoms with van der Waals surface area (Å²) in [6, 6.07) is 7.71.